The standard InChI is InChI=1S/C14H12F2IN/c1-9(10-5-6-13(15)14(16)7-10)18-12-4-2-3-11(17)8-12/h2-9,18H,1H3. The molecule has 1 N–H and O–H groups in total. The highest BCUT2D eigenvalue weighted by atomic mass is 127. The van der Waals surface area contributed by atoms with E-state index in [1.165, 1.54) is 6.07 Å². The van der Waals surface area contributed by atoms with E-state index in [-0.39, 0.29) is 6.04 Å². The monoisotopic (exact) mass is 359 g/mol. The Hall–Kier alpha value is -1.17. The zero-order valence-corrected chi connectivity index (χ0v) is 11.9. The molecule has 0 heterocycles. The fourth-order valence-corrected chi connectivity index (χ4v) is 2.24. The Labute approximate surface area is 118 Å². The number of hydrogen-bond donors (Lipinski definition) is 1. The number of benzene rings is 2. The Bertz CT molecular complexity index is 557. The molecule has 94 valence electrons. The molecule has 0 fully saturated rings. The summed E-state index contributed by atoms with van der Waals surface area (Å²) < 4.78 is 27.1. The second-order valence-corrected chi connectivity index (χ2v) is 5.30. The maximum atomic E-state index is 13.1. The fraction of sp³-hybridized carbons (Fsp3) is 0.143. The molecule has 2 aromatic rings. The summed E-state index contributed by atoms with van der Waals surface area (Å²) in [6, 6.07) is 11.8. The summed E-state index contributed by atoms with van der Waals surface area (Å²) in [4.78, 5) is 0. The lowest BCUT2D eigenvalue weighted by Crippen LogP contribution is -2.07. The van der Waals surface area contributed by atoms with Gasteiger partial charge in [0.25, 0.3) is 0 Å². The lowest BCUT2D eigenvalue weighted by molar-refractivity contribution is 0.506. The van der Waals surface area contributed by atoms with Gasteiger partial charge in [-0.1, -0.05) is 12.1 Å². The molecule has 0 radical (unpaired) electrons. The van der Waals surface area contributed by atoms with E-state index < -0.39 is 11.6 Å². The van der Waals surface area contributed by atoms with Crippen molar-refractivity contribution >= 4 is 28.3 Å². The van der Waals surface area contributed by atoms with Gasteiger partial charge in [-0.2, -0.15) is 0 Å². The van der Waals surface area contributed by atoms with Gasteiger partial charge in [0.2, 0.25) is 0 Å². The number of anilines is 1. The molecule has 2 aromatic carbocycles. The van der Waals surface area contributed by atoms with Crippen molar-refractivity contribution in [3.05, 3.63) is 63.2 Å². The molecule has 1 unspecified atom stereocenters. The quantitative estimate of drug-likeness (QED) is 0.781. The van der Waals surface area contributed by atoms with Gasteiger partial charge in [0.1, 0.15) is 0 Å². The SMILES string of the molecule is CC(Nc1cccc(I)c1)c1ccc(F)c(F)c1. The molecule has 1 nitrogen and oxygen atoms in total. The molecule has 0 aromatic heterocycles. The first kappa shape index (κ1) is 13.3. The van der Waals surface area contributed by atoms with Gasteiger partial charge < -0.3 is 5.32 Å². The van der Waals surface area contributed by atoms with Gasteiger partial charge in [0.15, 0.2) is 11.6 Å². The average Bonchev–Trinajstić information content (AvgIpc) is 2.32. The van der Waals surface area contributed by atoms with Gasteiger partial charge in [0.05, 0.1) is 0 Å². The Morgan fingerprint density at radius 3 is 2.50 bits per heavy atom. The van der Waals surface area contributed by atoms with Crippen LogP contribution in [0.1, 0.15) is 18.5 Å². The van der Waals surface area contributed by atoms with Crippen molar-refractivity contribution in [2.45, 2.75) is 13.0 Å². The molecule has 0 saturated heterocycles. The number of halogens is 3. The lowest BCUT2D eigenvalue weighted by atomic mass is 10.1. The Balaban J connectivity index is 2.16. The molecule has 0 aliphatic rings. The normalized spacial score (nSPS) is 12.2. The van der Waals surface area contributed by atoms with Crippen LogP contribution < -0.4 is 5.32 Å². The Morgan fingerprint density at radius 1 is 1.06 bits per heavy atom. The molecule has 0 spiro atoms. The fourth-order valence-electron chi connectivity index (χ4n) is 1.69. The number of nitrogens with one attached hydrogen (secondary N) is 1. The van der Waals surface area contributed by atoms with E-state index in [9.17, 15) is 8.78 Å². The Kier molecular flexibility index (Phi) is 4.16. The highest BCUT2D eigenvalue weighted by Gasteiger charge is 2.09. The number of rotatable bonds is 3. The molecule has 4 heteroatoms. The van der Waals surface area contributed by atoms with Crippen LogP contribution in [0.15, 0.2) is 42.5 Å². The van der Waals surface area contributed by atoms with Gasteiger partial charge in [-0.3, -0.25) is 0 Å². The minimum Gasteiger partial charge on any atom is -0.378 e. The first-order valence-corrected chi connectivity index (χ1v) is 6.61. The maximum absolute atomic E-state index is 13.1. The smallest absolute Gasteiger partial charge is 0.159 e. The molecule has 18 heavy (non-hydrogen) atoms. The molecule has 0 aliphatic carbocycles. The van der Waals surface area contributed by atoms with Crippen molar-refractivity contribution in [1.82, 2.24) is 0 Å². The highest BCUT2D eigenvalue weighted by molar-refractivity contribution is 14.1. The van der Waals surface area contributed by atoms with Crippen LogP contribution in [-0.2, 0) is 0 Å². The van der Waals surface area contributed by atoms with E-state index in [1.54, 1.807) is 6.07 Å². The van der Waals surface area contributed by atoms with E-state index >= 15 is 0 Å². The first-order chi connectivity index (χ1) is 8.56. The lowest BCUT2D eigenvalue weighted by Gasteiger charge is -2.16. The van der Waals surface area contributed by atoms with Crippen LogP contribution in [0.5, 0.6) is 0 Å². The summed E-state index contributed by atoms with van der Waals surface area (Å²) in [6.45, 7) is 1.91. The molecule has 0 amide bonds. The summed E-state index contributed by atoms with van der Waals surface area (Å²) >= 11 is 2.23. The first-order valence-electron chi connectivity index (χ1n) is 5.53. The minimum atomic E-state index is -0.819. The summed E-state index contributed by atoms with van der Waals surface area (Å²) in [5.74, 6) is -1.64. The van der Waals surface area contributed by atoms with Gasteiger partial charge in [0, 0.05) is 15.3 Å². The van der Waals surface area contributed by atoms with E-state index in [4.69, 9.17) is 0 Å². The second kappa shape index (κ2) is 5.65. The van der Waals surface area contributed by atoms with Gasteiger partial charge >= 0.3 is 0 Å². The van der Waals surface area contributed by atoms with Crippen molar-refractivity contribution in [2.24, 2.45) is 0 Å². The minimum absolute atomic E-state index is 0.0849. The molecule has 2 rings (SSSR count). The van der Waals surface area contributed by atoms with Crippen LogP contribution in [0.4, 0.5) is 14.5 Å². The highest BCUT2D eigenvalue weighted by Crippen LogP contribution is 2.22. The van der Waals surface area contributed by atoms with Gasteiger partial charge in [-0.25, -0.2) is 8.78 Å². The zero-order chi connectivity index (χ0) is 13.1. The molecule has 0 aliphatic heterocycles. The van der Waals surface area contributed by atoms with E-state index in [0.717, 1.165) is 15.3 Å². The van der Waals surface area contributed by atoms with Crippen molar-refractivity contribution in [3.63, 3.8) is 0 Å². The van der Waals surface area contributed by atoms with Crippen molar-refractivity contribution < 1.29 is 8.78 Å². The topological polar surface area (TPSA) is 12.0 Å². The molecular weight excluding hydrogens is 347 g/mol. The van der Waals surface area contributed by atoms with Crippen LogP contribution in [0, 0.1) is 15.2 Å². The second-order valence-electron chi connectivity index (χ2n) is 4.05. The van der Waals surface area contributed by atoms with E-state index in [1.807, 2.05) is 31.2 Å². The van der Waals surface area contributed by atoms with Gasteiger partial charge in [-0.15, -0.1) is 0 Å². The third-order valence-corrected chi connectivity index (χ3v) is 3.32. The summed E-state index contributed by atoms with van der Waals surface area (Å²) in [5, 5.41) is 3.25. The van der Waals surface area contributed by atoms with E-state index in [2.05, 4.69) is 27.9 Å². The van der Waals surface area contributed by atoms with Crippen LogP contribution in [0.25, 0.3) is 0 Å². The zero-order valence-electron chi connectivity index (χ0n) is 9.75. The van der Waals surface area contributed by atoms with Gasteiger partial charge in [-0.05, 0) is 65.4 Å². The van der Waals surface area contributed by atoms with Crippen LogP contribution >= 0.6 is 22.6 Å². The van der Waals surface area contributed by atoms with Crippen molar-refractivity contribution in [1.29, 1.82) is 0 Å². The molecule has 0 bridgehead atoms. The van der Waals surface area contributed by atoms with Crippen molar-refractivity contribution in [3.8, 4) is 0 Å². The maximum Gasteiger partial charge on any atom is 0.159 e. The van der Waals surface area contributed by atoms with Crippen LogP contribution in [0.3, 0.4) is 0 Å². The largest absolute Gasteiger partial charge is 0.378 e. The van der Waals surface area contributed by atoms with Crippen LogP contribution in [0.2, 0.25) is 0 Å². The summed E-state index contributed by atoms with van der Waals surface area (Å²) in [7, 11) is 0. The average molecular weight is 359 g/mol. The third kappa shape index (κ3) is 3.19. The Morgan fingerprint density at radius 2 is 1.83 bits per heavy atom. The predicted molar refractivity (Wildman–Crippen MR) is 77.6 cm³/mol. The van der Waals surface area contributed by atoms with E-state index in [0.29, 0.717) is 5.56 Å². The molecule has 1 atom stereocenters. The molecule has 0 saturated carbocycles. The summed E-state index contributed by atoms with van der Waals surface area (Å²) in [6.07, 6.45) is 0. The van der Waals surface area contributed by atoms with Crippen molar-refractivity contribution in [2.75, 3.05) is 5.32 Å². The predicted octanol–water partition coefficient (Wildman–Crippen LogP) is 4.74. The summed E-state index contributed by atoms with van der Waals surface area (Å²) in [5.41, 5.74) is 1.67. The molecular formula is C14H12F2IN. The van der Waals surface area contributed by atoms with Crippen LogP contribution in [-0.4, -0.2) is 0 Å². The third-order valence-electron chi connectivity index (χ3n) is 2.65. The number of hydrogen-bond acceptors (Lipinski definition) is 1.